The molecular weight excluding hydrogens is 411 g/mol. The summed E-state index contributed by atoms with van der Waals surface area (Å²) in [6.45, 7) is 0. The molecule has 3 N–H and O–H groups in total. The molecule has 156 valence electrons. The van der Waals surface area contributed by atoms with Crippen molar-refractivity contribution >= 4 is 28.4 Å². The molecule has 0 unspecified atom stereocenters. The predicted molar refractivity (Wildman–Crippen MR) is 108 cm³/mol. The van der Waals surface area contributed by atoms with Crippen LogP contribution in [0.4, 0.5) is 24.8 Å². The normalized spacial score (nSPS) is 11.3. The molecule has 0 aliphatic heterocycles. The average molecular weight is 425 g/mol. The predicted octanol–water partition coefficient (Wildman–Crippen LogP) is 4.67. The van der Waals surface area contributed by atoms with Gasteiger partial charge in [0.2, 0.25) is 11.8 Å². The third kappa shape index (κ3) is 4.53. The molecule has 0 atom stereocenters. The zero-order chi connectivity index (χ0) is 22.0. The highest BCUT2D eigenvalue weighted by Crippen LogP contribution is 2.31. The van der Waals surface area contributed by atoms with E-state index in [2.05, 4.69) is 20.3 Å². The number of nitrogens with one attached hydrogen (secondary N) is 1. The Kier molecular flexibility index (Phi) is 5.12. The Labute approximate surface area is 173 Å². The molecule has 2 aromatic heterocycles. The fraction of sp³-hybridized carbons (Fsp3) is 0.0476. The summed E-state index contributed by atoms with van der Waals surface area (Å²) in [5.74, 6) is 0.146. The molecule has 2 aromatic carbocycles. The lowest BCUT2D eigenvalue weighted by molar-refractivity contribution is -0.137. The minimum Gasteiger partial charge on any atom is -0.439 e. The van der Waals surface area contributed by atoms with E-state index in [9.17, 15) is 18.0 Å². The number of fused-ring (bicyclic) bond motifs is 1. The summed E-state index contributed by atoms with van der Waals surface area (Å²) < 4.78 is 44.3. The molecular formula is C21H14F3N5O2. The molecule has 31 heavy (non-hydrogen) atoms. The first-order chi connectivity index (χ1) is 14.8. The number of pyridine rings is 1. The highest BCUT2D eigenvalue weighted by Gasteiger charge is 2.30. The maximum atomic E-state index is 12.9. The first-order valence-electron chi connectivity index (χ1n) is 8.93. The number of ether oxygens (including phenoxy) is 1. The summed E-state index contributed by atoms with van der Waals surface area (Å²) in [4.78, 5) is 24.7. The van der Waals surface area contributed by atoms with E-state index in [-0.39, 0.29) is 23.1 Å². The van der Waals surface area contributed by atoms with E-state index in [4.69, 9.17) is 10.5 Å². The maximum Gasteiger partial charge on any atom is 0.416 e. The first-order valence-corrected chi connectivity index (χ1v) is 8.93. The summed E-state index contributed by atoms with van der Waals surface area (Å²) in [5, 5.41) is 3.00. The highest BCUT2D eigenvalue weighted by molar-refractivity contribution is 6.12. The number of hydrogen-bond acceptors (Lipinski definition) is 6. The number of nitrogen functional groups attached to an aromatic ring is 1. The van der Waals surface area contributed by atoms with E-state index >= 15 is 0 Å². The van der Waals surface area contributed by atoms with Crippen LogP contribution in [0.25, 0.3) is 10.9 Å². The first kappa shape index (κ1) is 20.1. The molecule has 0 saturated heterocycles. The minimum absolute atomic E-state index is 0.0334. The van der Waals surface area contributed by atoms with Crippen LogP contribution < -0.4 is 15.8 Å². The van der Waals surface area contributed by atoms with Gasteiger partial charge in [0, 0.05) is 35.6 Å². The Morgan fingerprint density at radius 1 is 1.00 bits per heavy atom. The van der Waals surface area contributed by atoms with Gasteiger partial charge in [0.1, 0.15) is 5.75 Å². The molecule has 10 heteroatoms. The van der Waals surface area contributed by atoms with Crippen LogP contribution in [0.15, 0.2) is 67.0 Å². The zero-order valence-corrected chi connectivity index (χ0v) is 15.7. The van der Waals surface area contributed by atoms with Crippen LogP contribution in [0.5, 0.6) is 11.6 Å². The topological polar surface area (TPSA) is 103 Å². The van der Waals surface area contributed by atoms with Gasteiger partial charge in [-0.3, -0.25) is 9.78 Å². The van der Waals surface area contributed by atoms with Crippen molar-refractivity contribution < 1.29 is 22.7 Å². The number of carbonyl (C=O) groups excluding carboxylic acids is 1. The van der Waals surface area contributed by atoms with Gasteiger partial charge < -0.3 is 15.8 Å². The van der Waals surface area contributed by atoms with Gasteiger partial charge in [-0.15, -0.1) is 0 Å². The van der Waals surface area contributed by atoms with Gasteiger partial charge in [-0.25, -0.2) is 4.98 Å². The van der Waals surface area contributed by atoms with Gasteiger partial charge in [-0.2, -0.15) is 18.2 Å². The zero-order valence-electron chi connectivity index (χ0n) is 15.7. The highest BCUT2D eigenvalue weighted by atomic mass is 19.4. The van der Waals surface area contributed by atoms with Gasteiger partial charge in [-0.05, 0) is 36.4 Å². The van der Waals surface area contributed by atoms with Crippen LogP contribution in [0.3, 0.4) is 0 Å². The molecule has 0 radical (unpaired) electrons. The molecule has 4 aromatic rings. The van der Waals surface area contributed by atoms with Gasteiger partial charge in [0.25, 0.3) is 5.91 Å². The number of rotatable bonds is 4. The molecule has 0 spiro atoms. The lowest BCUT2D eigenvalue weighted by Gasteiger charge is -2.11. The number of hydrogen-bond donors (Lipinski definition) is 2. The van der Waals surface area contributed by atoms with Crippen LogP contribution in [0.2, 0.25) is 0 Å². The van der Waals surface area contributed by atoms with E-state index in [0.717, 1.165) is 12.1 Å². The van der Waals surface area contributed by atoms with Crippen LogP contribution in [0.1, 0.15) is 15.9 Å². The summed E-state index contributed by atoms with van der Waals surface area (Å²) >= 11 is 0. The Bertz CT molecular complexity index is 1280. The molecule has 0 fully saturated rings. The number of nitrogens with two attached hydrogens (primary N) is 1. The van der Waals surface area contributed by atoms with Crippen LogP contribution in [-0.2, 0) is 6.18 Å². The van der Waals surface area contributed by atoms with Crippen molar-refractivity contribution in [1.82, 2.24) is 15.0 Å². The molecule has 2 heterocycles. The fourth-order valence-electron chi connectivity index (χ4n) is 2.90. The van der Waals surface area contributed by atoms with Crippen molar-refractivity contribution in [3.05, 3.63) is 78.1 Å². The molecule has 0 aliphatic rings. The summed E-state index contributed by atoms with van der Waals surface area (Å²) in [6.07, 6.45) is -1.63. The standard InChI is InChI=1S/C21H14F3N5O2/c22-21(23,24)12-2-1-3-13(10-12)28-19(30)16-6-8-26-17-11-14(4-5-15(16)17)31-18-7-9-27-20(25)29-18/h1-11H,(H,28,30)(H2,25,27,29). The molecule has 0 saturated carbocycles. The minimum atomic E-state index is -4.51. The third-order valence-corrected chi connectivity index (χ3v) is 4.28. The Balaban J connectivity index is 1.60. The number of halogens is 3. The quantitative estimate of drug-likeness (QED) is 0.493. The molecule has 1 amide bonds. The summed E-state index contributed by atoms with van der Waals surface area (Å²) in [5.41, 5.74) is 5.42. The van der Waals surface area contributed by atoms with Crippen LogP contribution >= 0.6 is 0 Å². The monoisotopic (exact) mass is 425 g/mol. The van der Waals surface area contributed by atoms with Crippen molar-refractivity contribution in [1.29, 1.82) is 0 Å². The summed E-state index contributed by atoms with van der Waals surface area (Å²) in [6, 6.07) is 12.3. The fourth-order valence-corrected chi connectivity index (χ4v) is 2.90. The van der Waals surface area contributed by atoms with Crippen LogP contribution in [-0.4, -0.2) is 20.9 Å². The largest absolute Gasteiger partial charge is 0.439 e. The summed E-state index contributed by atoms with van der Waals surface area (Å²) in [7, 11) is 0. The number of carbonyl (C=O) groups is 1. The molecule has 0 aliphatic carbocycles. The van der Waals surface area contributed by atoms with Crippen molar-refractivity contribution in [3.8, 4) is 11.6 Å². The second-order valence-electron chi connectivity index (χ2n) is 6.43. The SMILES string of the molecule is Nc1nccc(Oc2ccc3c(C(=O)Nc4cccc(C(F)(F)F)c4)ccnc3c2)n1. The lowest BCUT2D eigenvalue weighted by atomic mass is 10.1. The second-order valence-corrected chi connectivity index (χ2v) is 6.43. The van der Waals surface area contributed by atoms with E-state index in [1.165, 1.54) is 36.7 Å². The van der Waals surface area contributed by atoms with E-state index in [0.29, 0.717) is 16.7 Å². The number of benzene rings is 2. The van der Waals surface area contributed by atoms with Crippen LogP contribution in [0, 0.1) is 0 Å². The van der Waals surface area contributed by atoms with Gasteiger partial charge >= 0.3 is 6.18 Å². The Morgan fingerprint density at radius 2 is 1.81 bits per heavy atom. The van der Waals surface area contributed by atoms with Gasteiger partial charge in [0.05, 0.1) is 16.6 Å². The number of nitrogens with zero attached hydrogens (tertiary/aromatic N) is 3. The lowest BCUT2D eigenvalue weighted by Crippen LogP contribution is -2.13. The Hall–Kier alpha value is -4.21. The van der Waals surface area contributed by atoms with Crippen molar-refractivity contribution in [2.75, 3.05) is 11.1 Å². The second kappa shape index (κ2) is 7.90. The van der Waals surface area contributed by atoms with Gasteiger partial charge in [0.15, 0.2) is 0 Å². The molecule has 0 bridgehead atoms. The van der Waals surface area contributed by atoms with E-state index < -0.39 is 17.6 Å². The smallest absolute Gasteiger partial charge is 0.416 e. The van der Waals surface area contributed by atoms with Crippen molar-refractivity contribution in [3.63, 3.8) is 0 Å². The number of alkyl halides is 3. The van der Waals surface area contributed by atoms with Crippen molar-refractivity contribution in [2.24, 2.45) is 0 Å². The molecule has 7 nitrogen and oxygen atoms in total. The average Bonchev–Trinajstić information content (AvgIpc) is 2.73. The van der Waals surface area contributed by atoms with E-state index in [1.807, 2.05) is 0 Å². The number of amides is 1. The number of anilines is 2. The van der Waals surface area contributed by atoms with E-state index in [1.54, 1.807) is 18.2 Å². The maximum absolute atomic E-state index is 12.9. The Morgan fingerprint density at radius 3 is 2.58 bits per heavy atom. The molecule has 4 rings (SSSR count). The number of aromatic nitrogens is 3. The van der Waals surface area contributed by atoms with Crippen molar-refractivity contribution in [2.45, 2.75) is 6.18 Å². The van der Waals surface area contributed by atoms with Gasteiger partial charge in [-0.1, -0.05) is 6.07 Å². The third-order valence-electron chi connectivity index (χ3n) is 4.28.